The van der Waals surface area contributed by atoms with Gasteiger partial charge in [-0.2, -0.15) is 0 Å². The average Bonchev–Trinajstić information content (AvgIpc) is 3.45. The molecular formula is C36H52ClNO7. The van der Waals surface area contributed by atoms with Crippen LogP contribution in [0.1, 0.15) is 115 Å². The van der Waals surface area contributed by atoms with Crippen molar-refractivity contribution in [2.75, 3.05) is 19.8 Å². The molecule has 2 unspecified atom stereocenters. The van der Waals surface area contributed by atoms with Crippen molar-refractivity contribution in [2.24, 2.45) is 0 Å². The number of aliphatic hydroxyl groups is 1. The lowest BCUT2D eigenvalue weighted by Crippen LogP contribution is -2.56. The quantitative estimate of drug-likeness (QED) is 0.0758. The molecule has 0 bridgehead atoms. The van der Waals surface area contributed by atoms with Gasteiger partial charge in [0.25, 0.3) is 0 Å². The maximum Gasteiger partial charge on any atom is 0.453 e. The number of rotatable bonds is 22. The maximum absolute atomic E-state index is 13.5. The largest absolute Gasteiger partial charge is 0.459 e. The second-order valence-corrected chi connectivity index (χ2v) is 12.4. The predicted molar refractivity (Wildman–Crippen MR) is 177 cm³/mol. The van der Waals surface area contributed by atoms with Crippen LogP contribution in [0, 0.1) is 0 Å². The summed E-state index contributed by atoms with van der Waals surface area (Å²) in [6, 6.07) is 12.4. The van der Waals surface area contributed by atoms with E-state index in [1.807, 2.05) is 19.1 Å². The number of unbranched alkanes of at least 4 members (excludes halogenated alkanes) is 10. The van der Waals surface area contributed by atoms with Crippen LogP contribution in [0.2, 0.25) is 5.02 Å². The molecule has 250 valence electrons. The zero-order valence-electron chi connectivity index (χ0n) is 27.3. The Balaban J connectivity index is 1.64. The van der Waals surface area contributed by atoms with E-state index in [0.717, 1.165) is 62.5 Å². The van der Waals surface area contributed by atoms with Gasteiger partial charge < -0.3 is 29.4 Å². The van der Waals surface area contributed by atoms with Crippen LogP contribution in [0.4, 0.5) is 0 Å². The minimum Gasteiger partial charge on any atom is -0.459 e. The number of nitrogens with one attached hydrogen (secondary N) is 1. The molecule has 1 aliphatic rings. The summed E-state index contributed by atoms with van der Waals surface area (Å²) >= 11 is 6.07. The van der Waals surface area contributed by atoms with E-state index in [-0.39, 0.29) is 25.0 Å². The molecule has 0 saturated heterocycles. The highest BCUT2D eigenvalue weighted by molar-refractivity contribution is 6.30. The highest BCUT2D eigenvalue weighted by atomic mass is 35.5. The van der Waals surface area contributed by atoms with Crippen LogP contribution in [-0.2, 0) is 25.5 Å². The molecule has 45 heavy (non-hydrogen) atoms. The molecule has 0 amide bonds. The summed E-state index contributed by atoms with van der Waals surface area (Å²) in [7, 11) is 0. The van der Waals surface area contributed by atoms with E-state index in [1.54, 1.807) is 30.3 Å². The van der Waals surface area contributed by atoms with E-state index in [0.29, 0.717) is 36.6 Å². The van der Waals surface area contributed by atoms with Crippen LogP contribution in [-0.4, -0.2) is 48.6 Å². The SMILES string of the molecule is CCCCCCCCOC(=O)C1(C(=O)OCCCCCCCC)Oc2cccc(CC(C)NCC(O)c3cccc(Cl)c3)c2O1. The van der Waals surface area contributed by atoms with Crippen LogP contribution < -0.4 is 14.8 Å². The van der Waals surface area contributed by atoms with Crippen molar-refractivity contribution in [2.45, 2.75) is 122 Å². The lowest BCUT2D eigenvalue weighted by atomic mass is 10.0. The van der Waals surface area contributed by atoms with Crippen molar-refractivity contribution in [3.05, 3.63) is 58.6 Å². The molecule has 8 nitrogen and oxygen atoms in total. The van der Waals surface area contributed by atoms with Crippen molar-refractivity contribution >= 4 is 23.5 Å². The summed E-state index contributed by atoms with van der Waals surface area (Å²) in [4.78, 5) is 26.9. The lowest BCUT2D eigenvalue weighted by molar-refractivity contribution is -0.202. The fourth-order valence-electron chi connectivity index (χ4n) is 5.32. The van der Waals surface area contributed by atoms with Gasteiger partial charge >= 0.3 is 17.7 Å². The molecule has 2 N–H and O–H groups in total. The number of hydrogen-bond donors (Lipinski definition) is 2. The number of benzene rings is 2. The third-order valence-corrected chi connectivity index (χ3v) is 8.21. The molecule has 2 atom stereocenters. The molecule has 9 heteroatoms. The molecule has 0 radical (unpaired) electrons. The van der Waals surface area contributed by atoms with E-state index in [4.69, 9.17) is 30.5 Å². The van der Waals surface area contributed by atoms with Gasteiger partial charge in [-0.1, -0.05) is 114 Å². The van der Waals surface area contributed by atoms with Gasteiger partial charge in [-0.25, -0.2) is 9.59 Å². The Hall–Kier alpha value is -2.81. The smallest absolute Gasteiger partial charge is 0.453 e. The predicted octanol–water partition coefficient (Wildman–Crippen LogP) is 7.87. The number of carbonyl (C=O) groups is 2. The number of para-hydroxylation sites is 1. The van der Waals surface area contributed by atoms with E-state index >= 15 is 0 Å². The van der Waals surface area contributed by atoms with E-state index < -0.39 is 23.8 Å². The molecule has 2 aromatic carbocycles. The van der Waals surface area contributed by atoms with Gasteiger partial charge in [0, 0.05) is 17.6 Å². The number of esters is 2. The number of hydrogen-bond acceptors (Lipinski definition) is 8. The highest BCUT2D eigenvalue weighted by Gasteiger charge is 2.60. The fraction of sp³-hybridized carbons (Fsp3) is 0.611. The molecule has 0 saturated carbocycles. The van der Waals surface area contributed by atoms with Crippen molar-refractivity contribution < 1.29 is 33.6 Å². The van der Waals surface area contributed by atoms with Crippen LogP contribution >= 0.6 is 11.6 Å². The molecule has 0 fully saturated rings. The molecule has 0 spiro atoms. The van der Waals surface area contributed by atoms with Gasteiger partial charge in [0.15, 0.2) is 11.5 Å². The summed E-state index contributed by atoms with van der Waals surface area (Å²) in [5, 5.41) is 14.5. The monoisotopic (exact) mass is 645 g/mol. The van der Waals surface area contributed by atoms with Gasteiger partial charge in [-0.05, 0) is 55.5 Å². The number of aliphatic hydroxyl groups excluding tert-OH is 1. The Morgan fingerprint density at radius 3 is 2.02 bits per heavy atom. The van der Waals surface area contributed by atoms with Crippen molar-refractivity contribution in [1.82, 2.24) is 5.32 Å². The van der Waals surface area contributed by atoms with E-state index in [9.17, 15) is 14.7 Å². The zero-order valence-corrected chi connectivity index (χ0v) is 28.0. The third-order valence-electron chi connectivity index (χ3n) is 7.98. The summed E-state index contributed by atoms with van der Waals surface area (Å²) in [5.41, 5.74) is 1.47. The van der Waals surface area contributed by atoms with Crippen molar-refractivity contribution in [1.29, 1.82) is 0 Å². The van der Waals surface area contributed by atoms with Gasteiger partial charge in [0.05, 0.1) is 19.3 Å². The minimum atomic E-state index is -2.34. The topological polar surface area (TPSA) is 103 Å². The molecule has 2 aromatic rings. The van der Waals surface area contributed by atoms with Gasteiger partial charge in [0.2, 0.25) is 0 Å². The first-order valence-corrected chi connectivity index (χ1v) is 17.2. The molecule has 0 aliphatic carbocycles. The normalized spacial score (nSPS) is 14.6. The summed E-state index contributed by atoms with van der Waals surface area (Å²) < 4.78 is 23.2. The van der Waals surface area contributed by atoms with Crippen LogP contribution in [0.3, 0.4) is 0 Å². The first-order valence-electron chi connectivity index (χ1n) is 16.8. The van der Waals surface area contributed by atoms with E-state index in [1.165, 1.54) is 12.8 Å². The second kappa shape index (κ2) is 19.6. The fourth-order valence-corrected chi connectivity index (χ4v) is 5.52. The van der Waals surface area contributed by atoms with Gasteiger partial charge in [-0.15, -0.1) is 0 Å². The lowest BCUT2D eigenvalue weighted by Gasteiger charge is -2.23. The van der Waals surface area contributed by atoms with Crippen molar-refractivity contribution in [3.8, 4) is 11.5 Å². The van der Waals surface area contributed by atoms with Gasteiger partial charge in [0.1, 0.15) is 0 Å². The zero-order chi connectivity index (χ0) is 32.5. The second-order valence-electron chi connectivity index (χ2n) is 12.0. The summed E-state index contributed by atoms with van der Waals surface area (Å²) in [6.07, 6.45) is 12.2. The Bertz CT molecular complexity index is 1160. The summed E-state index contributed by atoms with van der Waals surface area (Å²) in [5.74, 6) is -3.55. The van der Waals surface area contributed by atoms with Crippen LogP contribution in [0.5, 0.6) is 11.5 Å². The number of fused-ring (bicyclic) bond motifs is 1. The van der Waals surface area contributed by atoms with Crippen molar-refractivity contribution in [3.63, 3.8) is 0 Å². The average molecular weight is 646 g/mol. The molecule has 1 heterocycles. The first-order chi connectivity index (χ1) is 21.8. The number of ether oxygens (including phenoxy) is 4. The Kier molecular flexibility index (Phi) is 16.0. The highest BCUT2D eigenvalue weighted by Crippen LogP contribution is 2.43. The Morgan fingerprint density at radius 1 is 0.844 bits per heavy atom. The van der Waals surface area contributed by atoms with Crippen LogP contribution in [0.15, 0.2) is 42.5 Å². The molecule has 0 aromatic heterocycles. The molecular weight excluding hydrogens is 594 g/mol. The number of carbonyl (C=O) groups excluding carboxylic acids is 2. The minimum absolute atomic E-state index is 0.0803. The first kappa shape index (κ1) is 36.7. The Morgan fingerprint density at radius 2 is 1.42 bits per heavy atom. The Labute approximate surface area is 274 Å². The third kappa shape index (κ3) is 11.5. The van der Waals surface area contributed by atoms with E-state index in [2.05, 4.69) is 19.2 Å². The van der Waals surface area contributed by atoms with Crippen LogP contribution in [0.25, 0.3) is 0 Å². The molecule has 1 aliphatic heterocycles. The van der Waals surface area contributed by atoms with Gasteiger partial charge in [-0.3, -0.25) is 0 Å². The summed E-state index contributed by atoms with van der Waals surface area (Å²) in [6.45, 7) is 6.97. The maximum atomic E-state index is 13.5. The standard InChI is InChI=1S/C36H52ClNO7/c1-4-6-8-10-12-14-22-42-34(40)36(35(41)43-23-15-13-11-9-7-5-2)44-32-21-17-19-29(33(32)45-36)24-27(3)38-26-31(39)28-18-16-20-30(37)25-28/h16-21,25,27,31,38-39H,4-15,22-24,26H2,1-3H3. The molecule has 3 rings (SSSR count). The number of halogens is 1.